The number of carboxylic acid groups (broad SMARTS) is 1. The minimum absolute atomic E-state index is 0.184. The predicted molar refractivity (Wildman–Crippen MR) is 75.1 cm³/mol. The molecule has 2 rings (SSSR count). The Kier molecular flexibility index (Phi) is 4.92. The standard InChI is InChI=1S/C13H24N2O2S/c1-3-15(6-13(16)17)11-4-10(5-11)14-12-8-18-7-9(12)2/h9-12,14H,3-8H2,1-2H3,(H,16,17). The van der Waals surface area contributed by atoms with Crippen LogP contribution in [0, 0.1) is 5.92 Å². The average molecular weight is 272 g/mol. The summed E-state index contributed by atoms with van der Waals surface area (Å²) in [5.74, 6) is 2.56. The molecule has 1 aliphatic carbocycles. The highest BCUT2D eigenvalue weighted by Crippen LogP contribution is 2.29. The molecule has 1 saturated carbocycles. The van der Waals surface area contributed by atoms with Gasteiger partial charge in [-0.05, 0) is 31.1 Å². The van der Waals surface area contributed by atoms with Gasteiger partial charge in [0.05, 0.1) is 6.54 Å². The third-order valence-electron chi connectivity index (χ3n) is 4.19. The van der Waals surface area contributed by atoms with Crippen molar-refractivity contribution in [3.63, 3.8) is 0 Å². The van der Waals surface area contributed by atoms with E-state index in [0.717, 1.165) is 25.3 Å². The second-order valence-corrected chi connectivity index (χ2v) is 6.64. The number of thioether (sulfide) groups is 1. The molecule has 2 unspecified atom stereocenters. The Bertz CT molecular complexity index is 295. The number of hydrogen-bond donors (Lipinski definition) is 2. The second kappa shape index (κ2) is 6.26. The summed E-state index contributed by atoms with van der Waals surface area (Å²) in [5.41, 5.74) is 0. The Hall–Kier alpha value is -0.260. The molecule has 104 valence electrons. The molecule has 2 N–H and O–H groups in total. The summed E-state index contributed by atoms with van der Waals surface area (Å²) in [5, 5.41) is 12.6. The van der Waals surface area contributed by atoms with Gasteiger partial charge in [-0.25, -0.2) is 0 Å². The molecule has 0 aromatic carbocycles. The first-order valence-electron chi connectivity index (χ1n) is 6.89. The summed E-state index contributed by atoms with van der Waals surface area (Å²) in [6, 6.07) is 1.73. The smallest absolute Gasteiger partial charge is 0.317 e. The average Bonchev–Trinajstić information content (AvgIpc) is 2.66. The highest BCUT2D eigenvalue weighted by Gasteiger charge is 2.36. The van der Waals surface area contributed by atoms with E-state index in [-0.39, 0.29) is 6.54 Å². The highest BCUT2D eigenvalue weighted by atomic mass is 32.2. The van der Waals surface area contributed by atoms with Gasteiger partial charge in [0.15, 0.2) is 0 Å². The van der Waals surface area contributed by atoms with Gasteiger partial charge >= 0.3 is 5.97 Å². The highest BCUT2D eigenvalue weighted by molar-refractivity contribution is 7.99. The predicted octanol–water partition coefficient (Wildman–Crippen LogP) is 1.27. The van der Waals surface area contributed by atoms with E-state index < -0.39 is 5.97 Å². The lowest BCUT2D eigenvalue weighted by Gasteiger charge is -2.43. The monoisotopic (exact) mass is 272 g/mol. The maximum absolute atomic E-state index is 10.8. The normalized spacial score (nSPS) is 35.7. The lowest BCUT2D eigenvalue weighted by molar-refractivity contribution is -0.139. The number of aliphatic carboxylic acids is 1. The van der Waals surface area contributed by atoms with Gasteiger partial charge in [0.1, 0.15) is 0 Å². The largest absolute Gasteiger partial charge is 0.480 e. The SMILES string of the molecule is CCN(CC(=O)O)C1CC(NC2CSCC2C)C1. The van der Waals surface area contributed by atoms with Crippen molar-refractivity contribution in [2.75, 3.05) is 24.6 Å². The molecule has 4 nitrogen and oxygen atoms in total. The summed E-state index contributed by atoms with van der Waals surface area (Å²) >= 11 is 2.04. The first kappa shape index (κ1) is 14.2. The van der Waals surface area contributed by atoms with Crippen LogP contribution in [0.5, 0.6) is 0 Å². The zero-order valence-electron chi connectivity index (χ0n) is 11.3. The van der Waals surface area contributed by atoms with Gasteiger partial charge in [-0.1, -0.05) is 13.8 Å². The third-order valence-corrected chi connectivity index (χ3v) is 5.55. The number of rotatable bonds is 6. The number of nitrogens with zero attached hydrogens (tertiary/aromatic N) is 1. The zero-order chi connectivity index (χ0) is 13.1. The molecule has 2 aliphatic rings. The molecule has 1 saturated heterocycles. The molecule has 1 heterocycles. The van der Waals surface area contributed by atoms with E-state index in [2.05, 4.69) is 17.1 Å². The van der Waals surface area contributed by atoms with Crippen LogP contribution in [0.1, 0.15) is 26.7 Å². The molecule has 2 atom stereocenters. The number of likely N-dealkylation sites (N-methyl/N-ethyl adjacent to an activating group) is 1. The molecular weight excluding hydrogens is 248 g/mol. The Morgan fingerprint density at radius 1 is 1.44 bits per heavy atom. The van der Waals surface area contributed by atoms with Crippen molar-refractivity contribution in [2.45, 2.75) is 44.8 Å². The van der Waals surface area contributed by atoms with Crippen LogP contribution in [-0.4, -0.2) is 58.7 Å². The van der Waals surface area contributed by atoms with Crippen molar-refractivity contribution < 1.29 is 9.90 Å². The number of carbonyl (C=O) groups is 1. The minimum Gasteiger partial charge on any atom is -0.480 e. The molecule has 18 heavy (non-hydrogen) atoms. The number of hydrogen-bond acceptors (Lipinski definition) is 4. The van der Waals surface area contributed by atoms with Crippen LogP contribution in [0.15, 0.2) is 0 Å². The maximum Gasteiger partial charge on any atom is 0.317 e. The third kappa shape index (κ3) is 3.39. The fourth-order valence-corrected chi connectivity index (χ4v) is 4.29. The van der Waals surface area contributed by atoms with Crippen molar-refractivity contribution >= 4 is 17.7 Å². The van der Waals surface area contributed by atoms with E-state index in [1.165, 1.54) is 11.5 Å². The van der Waals surface area contributed by atoms with Crippen molar-refractivity contribution in [1.82, 2.24) is 10.2 Å². The van der Waals surface area contributed by atoms with Gasteiger partial charge in [-0.3, -0.25) is 9.69 Å². The van der Waals surface area contributed by atoms with Crippen LogP contribution >= 0.6 is 11.8 Å². The fraction of sp³-hybridized carbons (Fsp3) is 0.923. The number of carboxylic acids is 1. The lowest BCUT2D eigenvalue weighted by atomic mass is 9.84. The molecular formula is C13H24N2O2S. The summed E-state index contributed by atoms with van der Waals surface area (Å²) in [7, 11) is 0. The quantitative estimate of drug-likeness (QED) is 0.762. The van der Waals surface area contributed by atoms with Crippen molar-refractivity contribution in [3.8, 4) is 0 Å². The minimum atomic E-state index is -0.714. The topological polar surface area (TPSA) is 52.6 Å². The lowest BCUT2D eigenvalue weighted by Crippen LogP contribution is -2.56. The van der Waals surface area contributed by atoms with Gasteiger partial charge in [0, 0.05) is 23.9 Å². The summed E-state index contributed by atoms with van der Waals surface area (Å²) < 4.78 is 0. The van der Waals surface area contributed by atoms with E-state index in [1.54, 1.807) is 0 Å². The number of nitrogens with one attached hydrogen (secondary N) is 1. The molecule has 0 aromatic heterocycles. The van der Waals surface area contributed by atoms with E-state index in [4.69, 9.17) is 5.11 Å². The maximum atomic E-state index is 10.8. The molecule has 0 aromatic rings. The second-order valence-electron chi connectivity index (χ2n) is 5.57. The Morgan fingerprint density at radius 2 is 2.17 bits per heavy atom. The molecule has 0 bridgehead atoms. The first-order valence-corrected chi connectivity index (χ1v) is 8.05. The zero-order valence-corrected chi connectivity index (χ0v) is 12.1. The molecule has 2 fully saturated rings. The first-order chi connectivity index (χ1) is 8.60. The summed E-state index contributed by atoms with van der Waals surface area (Å²) in [4.78, 5) is 12.8. The Labute approximate surface area is 113 Å². The van der Waals surface area contributed by atoms with Crippen LogP contribution in [0.25, 0.3) is 0 Å². The summed E-state index contributed by atoms with van der Waals surface area (Å²) in [6.45, 7) is 5.37. The van der Waals surface area contributed by atoms with Crippen molar-refractivity contribution in [1.29, 1.82) is 0 Å². The van der Waals surface area contributed by atoms with Crippen LogP contribution in [0.3, 0.4) is 0 Å². The van der Waals surface area contributed by atoms with Gasteiger partial charge in [0.25, 0.3) is 0 Å². The fourth-order valence-electron chi connectivity index (χ4n) is 2.87. The van der Waals surface area contributed by atoms with Gasteiger partial charge < -0.3 is 10.4 Å². The molecule has 0 amide bonds. The molecule has 0 radical (unpaired) electrons. The van der Waals surface area contributed by atoms with E-state index >= 15 is 0 Å². The van der Waals surface area contributed by atoms with Crippen LogP contribution < -0.4 is 5.32 Å². The van der Waals surface area contributed by atoms with E-state index in [1.807, 2.05) is 18.7 Å². The Morgan fingerprint density at radius 3 is 2.67 bits per heavy atom. The molecule has 5 heteroatoms. The van der Waals surface area contributed by atoms with Crippen molar-refractivity contribution in [2.24, 2.45) is 5.92 Å². The van der Waals surface area contributed by atoms with Crippen LogP contribution in [0.2, 0.25) is 0 Å². The summed E-state index contributed by atoms with van der Waals surface area (Å²) in [6.07, 6.45) is 2.21. The van der Waals surface area contributed by atoms with Gasteiger partial charge in [0.2, 0.25) is 0 Å². The van der Waals surface area contributed by atoms with E-state index in [0.29, 0.717) is 18.1 Å². The van der Waals surface area contributed by atoms with Gasteiger partial charge in [-0.15, -0.1) is 0 Å². The van der Waals surface area contributed by atoms with Gasteiger partial charge in [-0.2, -0.15) is 11.8 Å². The Balaban J connectivity index is 1.70. The van der Waals surface area contributed by atoms with E-state index in [9.17, 15) is 4.79 Å². The van der Waals surface area contributed by atoms with Crippen molar-refractivity contribution in [3.05, 3.63) is 0 Å². The van der Waals surface area contributed by atoms with Crippen LogP contribution in [-0.2, 0) is 4.79 Å². The van der Waals surface area contributed by atoms with Crippen LogP contribution in [0.4, 0.5) is 0 Å². The molecule has 0 spiro atoms. The molecule has 1 aliphatic heterocycles.